The number of rotatable bonds is 4. The number of carbonyl (C=O) groups excluding carboxylic acids is 2. The van der Waals surface area contributed by atoms with Crippen molar-refractivity contribution in [3.8, 4) is 0 Å². The molecule has 0 saturated carbocycles. The first-order chi connectivity index (χ1) is 13.5. The summed E-state index contributed by atoms with van der Waals surface area (Å²) in [6, 6.07) is 7.00. The second kappa shape index (κ2) is 7.81. The van der Waals surface area contributed by atoms with E-state index in [0.29, 0.717) is 50.5 Å². The van der Waals surface area contributed by atoms with Gasteiger partial charge >= 0.3 is 0 Å². The highest BCUT2D eigenvalue weighted by Gasteiger charge is 2.44. The van der Waals surface area contributed by atoms with Crippen LogP contribution >= 0.6 is 0 Å². The Kier molecular flexibility index (Phi) is 5.23. The van der Waals surface area contributed by atoms with Crippen molar-refractivity contribution in [3.05, 3.63) is 48.3 Å². The number of hydrogen-bond acceptors (Lipinski definition) is 6. The van der Waals surface area contributed by atoms with Crippen molar-refractivity contribution in [3.63, 3.8) is 0 Å². The zero-order chi connectivity index (χ0) is 19.6. The quantitative estimate of drug-likeness (QED) is 0.855. The average Bonchev–Trinajstić information content (AvgIpc) is 3.39. The summed E-state index contributed by atoms with van der Waals surface area (Å²) in [7, 11) is 2.00. The summed E-state index contributed by atoms with van der Waals surface area (Å²) in [5, 5.41) is 2.88. The van der Waals surface area contributed by atoms with Gasteiger partial charge in [-0.2, -0.15) is 0 Å². The van der Waals surface area contributed by atoms with Gasteiger partial charge in [-0.05, 0) is 44.2 Å². The van der Waals surface area contributed by atoms with Gasteiger partial charge in [-0.3, -0.25) is 9.59 Å². The van der Waals surface area contributed by atoms with Gasteiger partial charge in [0, 0.05) is 26.2 Å². The van der Waals surface area contributed by atoms with Gasteiger partial charge < -0.3 is 28.7 Å². The van der Waals surface area contributed by atoms with Gasteiger partial charge in [0.2, 0.25) is 0 Å². The topological polar surface area (TPSA) is 88.2 Å². The number of amides is 2. The molecule has 2 fully saturated rings. The van der Waals surface area contributed by atoms with Crippen LogP contribution in [-0.4, -0.2) is 66.5 Å². The van der Waals surface area contributed by atoms with Crippen molar-refractivity contribution < 1.29 is 23.2 Å². The molecule has 0 aliphatic carbocycles. The van der Waals surface area contributed by atoms with E-state index in [4.69, 9.17) is 13.6 Å². The second-order valence-corrected chi connectivity index (χ2v) is 7.55. The molecule has 1 spiro atoms. The van der Waals surface area contributed by atoms with Gasteiger partial charge in [0.1, 0.15) is 11.9 Å². The van der Waals surface area contributed by atoms with Crippen LogP contribution in [0.15, 0.2) is 45.6 Å². The number of morpholine rings is 1. The standard InChI is InChI=1S/C20H25N3O5/c1-22-13-17(18(24)21-12-15-4-2-10-26-15)28-20(14-22)6-8-23(9-7-20)19(25)16-5-3-11-27-16/h2-5,10-11,17H,6-9,12-14H2,1H3,(H,21,24)/t17-/m1/s1. The van der Waals surface area contributed by atoms with E-state index in [1.54, 1.807) is 29.4 Å². The lowest BCUT2D eigenvalue weighted by Crippen LogP contribution is -2.61. The smallest absolute Gasteiger partial charge is 0.289 e. The van der Waals surface area contributed by atoms with Crippen LogP contribution < -0.4 is 5.32 Å². The summed E-state index contributed by atoms with van der Waals surface area (Å²) in [5.74, 6) is 0.818. The fourth-order valence-corrected chi connectivity index (χ4v) is 4.00. The Hall–Kier alpha value is -2.58. The number of nitrogens with one attached hydrogen (secondary N) is 1. The third-order valence-corrected chi connectivity index (χ3v) is 5.43. The Labute approximate surface area is 163 Å². The van der Waals surface area contributed by atoms with Crippen LogP contribution in [0.2, 0.25) is 0 Å². The number of hydrogen-bond donors (Lipinski definition) is 1. The molecule has 4 rings (SSSR count). The number of carbonyl (C=O) groups is 2. The average molecular weight is 387 g/mol. The van der Waals surface area contributed by atoms with Crippen LogP contribution in [0, 0.1) is 0 Å². The molecule has 0 aromatic carbocycles. The maximum atomic E-state index is 12.6. The number of likely N-dealkylation sites (N-methyl/N-ethyl adjacent to an activating group) is 1. The highest BCUT2D eigenvalue weighted by Crippen LogP contribution is 2.32. The molecule has 150 valence electrons. The number of nitrogens with zero attached hydrogens (tertiary/aromatic N) is 2. The summed E-state index contributed by atoms with van der Waals surface area (Å²) in [6.45, 7) is 2.79. The van der Waals surface area contributed by atoms with Crippen molar-refractivity contribution in [2.45, 2.75) is 31.1 Å². The van der Waals surface area contributed by atoms with Crippen LogP contribution in [0.1, 0.15) is 29.2 Å². The fourth-order valence-electron chi connectivity index (χ4n) is 4.00. The van der Waals surface area contributed by atoms with E-state index in [-0.39, 0.29) is 11.8 Å². The van der Waals surface area contributed by atoms with E-state index in [1.165, 1.54) is 6.26 Å². The predicted octanol–water partition coefficient (Wildman–Crippen LogP) is 1.49. The molecule has 2 amide bonds. The normalized spacial score (nSPS) is 22.3. The summed E-state index contributed by atoms with van der Waals surface area (Å²) in [4.78, 5) is 29.0. The Balaban J connectivity index is 1.35. The second-order valence-electron chi connectivity index (χ2n) is 7.55. The summed E-state index contributed by atoms with van der Waals surface area (Å²) in [5.41, 5.74) is -0.417. The highest BCUT2D eigenvalue weighted by molar-refractivity contribution is 5.91. The van der Waals surface area contributed by atoms with Crippen LogP contribution in [0.3, 0.4) is 0 Å². The number of likely N-dealkylation sites (tertiary alicyclic amines) is 1. The van der Waals surface area contributed by atoms with E-state index in [1.807, 2.05) is 13.1 Å². The van der Waals surface area contributed by atoms with Crippen molar-refractivity contribution >= 4 is 11.8 Å². The van der Waals surface area contributed by atoms with Gasteiger partial charge in [-0.25, -0.2) is 0 Å². The molecule has 0 unspecified atom stereocenters. The van der Waals surface area contributed by atoms with E-state index in [9.17, 15) is 9.59 Å². The third kappa shape index (κ3) is 3.98. The van der Waals surface area contributed by atoms with Gasteiger partial charge in [0.05, 0.1) is 24.7 Å². The minimum absolute atomic E-state index is 0.100. The predicted molar refractivity (Wildman–Crippen MR) is 99.5 cm³/mol. The summed E-state index contributed by atoms with van der Waals surface area (Å²) < 4.78 is 16.8. The Morgan fingerprint density at radius 1 is 1.18 bits per heavy atom. The number of ether oxygens (including phenoxy) is 1. The molecule has 4 heterocycles. The number of furan rings is 2. The summed E-state index contributed by atoms with van der Waals surface area (Å²) in [6.07, 6.45) is 3.92. The van der Waals surface area contributed by atoms with Gasteiger partial charge in [0.15, 0.2) is 5.76 Å². The van der Waals surface area contributed by atoms with Crippen LogP contribution in [0.5, 0.6) is 0 Å². The zero-order valence-electron chi connectivity index (χ0n) is 15.9. The number of piperidine rings is 1. The van der Waals surface area contributed by atoms with E-state index < -0.39 is 11.7 Å². The van der Waals surface area contributed by atoms with Crippen molar-refractivity contribution in [2.75, 3.05) is 33.2 Å². The molecule has 2 aromatic rings. The minimum atomic E-state index is -0.541. The SMILES string of the molecule is CN1C[C@H](C(=O)NCc2ccco2)OC2(CCN(C(=O)c3ccco3)CC2)C1. The first-order valence-corrected chi connectivity index (χ1v) is 9.54. The van der Waals surface area contributed by atoms with Crippen molar-refractivity contribution in [1.29, 1.82) is 0 Å². The van der Waals surface area contributed by atoms with Crippen molar-refractivity contribution in [2.24, 2.45) is 0 Å². The van der Waals surface area contributed by atoms with Gasteiger partial charge in [-0.1, -0.05) is 0 Å². The van der Waals surface area contributed by atoms with Gasteiger partial charge in [-0.15, -0.1) is 0 Å². The lowest BCUT2D eigenvalue weighted by molar-refractivity contribution is -0.180. The van der Waals surface area contributed by atoms with Crippen LogP contribution in [0.25, 0.3) is 0 Å². The molecule has 2 aliphatic rings. The fraction of sp³-hybridized carbons (Fsp3) is 0.500. The molecule has 8 nitrogen and oxygen atoms in total. The maximum Gasteiger partial charge on any atom is 0.289 e. The molecule has 8 heteroatoms. The van der Waals surface area contributed by atoms with Crippen LogP contribution in [0.4, 0.5) is 0 Å². The lowest BCUT2D eigenvalue weighted by atomic mass is 9.88. The molecule has 1 atom stereocenters. The molecule has 28 heavy (non-hydrogen) atoms. The van der Waals surface area contributed by atoms with Crippen molar-refractivity contribution in [1.82, 2.24) is 15.1 Å². The Morgan fingerprint density at radius 3 is 2.61 bits per heavy atom. The van der Waals surface area contributed by atoms with E-state index in [2.05, 4.69) is 10.2 Å². The zero-order valence-corrected chi connectivity index (χ0v) is 15.9. The highest BCUT2D eigenvalue weighted by atomic mass is 16.5. The van der Waals surface area contributed by atoms with Gasteiger partial charge in [0.25, 0.3) is 11.8 Å². The van der Waals surface area contributed by atoms with E-state index in [0.717, 1.165) is 6.54 Å². The Bertz CT molecular complexity index is 794. The molecule has 2 saturated heterocycles. The molecule has 2 aromatic heterocycles. The first kappa shape index (κ1) is 18.8. The molecule has 1 N–H and O–H groups in total. The minimum Gasteiger partial charge on any atom is -0.467 e. The maximum absolute atomic E-state index is 12.6. The Morgan fingerprint density at radius 2 is 1.93 bits per heavy atom. The molecule has 0 radical (unpaired) electrons. The first-order valence-electron chi connectivity index (χ1n) is 9.54. The summed E-state index contributed by atoms with van der Waals surface area (Å²) >= 11 is 0. The molecular weight excluding hydrogens is 362 g/mol. The van der Waals surface area contributed by atoms with Crippen LogP contribution in [-0.2, 0) is 16.1 Å². The molecule has 0 bridgehead atoms. The molecular formula is C20H25N3O5. The third-order valence-electron chi connectivity index (χ3n) is 5.43. The largest absolute Gasteiger partial charge is 0.467 e. The molecule has 2 aliphatic heterocycles. The lowest BCUT2D eigenvalue weighted by Gasteiger charge is -2.48. The van der Waals surface area contributed by atoms with E-state index >= 15 is 0 Å². The monoisotopic (exact) mass is 387 g/mol.